The molecular formula is C6H7BNO. The maximum absolute atomic E-state index is 8.51. The first kappa shape index (κ1) is 6.30. The fourth-order valence-corrected chi connectivity index (χ4v) is 0.648. The molecule has 1 rings (SSSR count). The van der Waals surface area contributed by atoms with E-state index in [-0.39, 0.29) is 0 Å². The van der Waals surface area contributed by atoms with E-state index >= 15 is 0 Å². The second kappa shape index (κ2) is 2.64. The summed E-state index contributed by atoms with van der Waals surface area (Å²) in [5.41, 5.74) is 1.71. The van der Waals surface area contributed by atoms with Gasteiger partial charge in [-0.2, -0.15) is 0 Å². The highest BCUT2D eigenvalue weighted by atomic mass is 16.2. The van der Waals surface area contributed by atoms with Gasteiger partial charge in [-0.1, -0.05) is 5.46 Å². The Morgan fingerprint density at radius 1 is 1.67 bits per heavy atom. The fraction of sp³-hybridized carbons (Fsp3) is 0.167. The maximum Gasteiger partial charge on any atom is 0.326 e. The van der Waals surface area contributed by atoms with E-state index in [4.69, 9.17) is 5.02 Å². The third kappa shape index (κ3) is 1.54. The molecule has 9 heavy (non-hydrogen) atoms. The van der Waals surface area contributed by atoms with Crippen LogP contribution in [0.4, 0.5) is 0 Å². The average Bonchev–Trinajstić information content (AvgIpc) is 1.88. The standard InChI is InChI=1S/C6H7BNO/c1-5-4-6(7-9)2-3-8-5/h2-4,9H,1H3. The first-order valence-corrected chi connectivity index (χ1v) is 2.73. The Bertz CT molecular complexity index is 202. The molecule has 0 saturated heterocycles. The van der Waals surface area contributed by atoms with Gasteiger partial charge in [-0.15, -0.1) is 0 Å². The molecule has 1 heterocycles. The number of aryl methyl sites for hydroxylation is 1. The van der Waals surface area contributed by atoms with E-state index in [0.29, 0.717) is 0 Å². The SMILES string of the molecule is Cc1cc([B]O)ccn1. The topological polar surface area (TPSA) is 33.1 Å². The second-order valence-electron chi connectivity index (χ2n) is 1.86. The summed E-state index contributed by atoms with van der Waals surface area (Å²) in [6.07, 6.45) is 1.66. The van der Waals surface area contributed by atoms with Crippen molar-refractivity contribution < 1.29 is 5.02 Å². The minimum atomic E-state index is 0.794. The van der Waals surface area contributed by atoms with Gasteiger partial charge in [0.25, 0.3) is 0 Å². The van der Waals surface area contributed by atoms with Crippen LogP contribution in [0.25, 0.3) is 0 Å². The number of rotatable bonds is 1. The van der Waals surface area contributed by atoms with E-state index in [1.807, 2.05) is 6.92 Å². The van der Waals surface area contributed by atoms with Crippen molar-refractivity contribution in [1.29, 1.82) is 0 Å². The summed E-state index contributed by atoms with van der Waals surface area (Å²) in [4.78, 5) is 3.96. The number of hydrogen-bond acceptors (Lipinski definition) is 2. The molecular weight excluding hydrogens is 113 g/mol. The molecule has 1 radical (unpaired) electrons. The summed E-state index contributed by atoms with van der Waals surface area (Å²) >= 11 is 0. The largest absolute Gasteiger partial charge is 0.450 e. The van der Waals surface area contributed by atoms with Crippen molar-refractivity contribution in [2.75, 3.05) is 0 Å². The van der Waals surface area contributed by atoms with E-state index in [2.05, 4.69) is 4.98 Å². The average molecular weight is 120 g/mol. The first-order valence-electron chi connectivity index (χ1n) is 2.73. The number of pyridine rings is 1. The van der Waals surface area contributed by atoms with Gasteiger partial charge in [0.2, 0.25) is 0 Å². The van der Waals surface area contributed by atoms with Crippen LogP contribution in [-0.4, -0.2) is 17.5 Å². The van der Waals surface area contributed by atoms with Crippen molar-refractivity contribution in [3.05, 3.63) is 24.0 Å². The Morgan fingerprint density at radius 2 is 2.44 bits per heavy atom. The lowest BCUT2D eigenvalue weighted by Crippen LogP contribution is -2.13. The van der Waals surface area contributed by atoms with Gasteiger partial charge in [0.05, 0.1) is 0 Å². The highest BCUT2D eigenvalue weighted by molar-refractivity contribution is 6.45. The molecule has 0 unspecified atom stereocenters. The van der Waals surface area contributed by atoms with Crippen molar-refractivity contribution in [1.82, 2.24) is 4.98 Å². The summed E-state index contributed by atoms with van der Waals surface area (Å²) in [6.45, 7) is 1.88. The molecule has 0 aliphatic heterocycles. The number of nitrogens with zero attached hydrogens (tertiary/aromatic N) is 1. The Balaban J connectivity index is 2.94. The van der Waals surface area contributed by atoms with Gasteiger partial charge in [-0.05, 0) is 19.1 Å². The van der Waals surface area contributed by atoms with Gasteiger partial charge in [0.15, 0.2) is 0 Å². The van der Waals surface area contributed by atoms with Crippen LogP contribution in [0.1, 0.15) is 5.69 Å². The zero-order valence-corrected chi connectivity index (χ0v) is 5.20. The quantitative estimate of drug-likeness (QED) is 0.512. The molecule has 0 aromatic carbocycles. The molecule has 1 N–H and O–H groups in total. The maximum atomic E-state index is 8.51. The molecule has 0 amide bonds. The van der Waals surface area contributed by atoms with Crippen LogP contribution in [0.2, 0.25) is 0 Å². The smallest absolute Gasteiger partial charge is 0.326 e. The zero-order chi connectivity index (χ0) is 6.69. The van der Waals surface area contributed by atoms with E-state index in [1.54, 1.807) is 18.3 Å². The summed E-state index contributed by atoms with van der Waals surface area (Å²) in [7, 11) is 1.06. The summed E-state index contributed by atoms with van der Waals surface area (Å²) in [5.74, 6) is 0. The summed E-state index contributed by atoms with van der Waals surface area (Å²) in [5, 5.41) is 8.51. The minimum Gasteiger partial charge on any atom is -0.450 e. The Kier molecular flexibility index (Phi) is 1.85. The lowest BCUT2D eigenvalue weighted by Gasteiger charge is -1.92. The Labute approximate surface area is 54.8 Å². The predicted molar refractivity (Wildman–Crippen MR) is 36.6 cm³/mol. The molecule has 0 aliphatic carbocycles. The van der Waals surface area contributed by atoms with E-state index < -0.39 is 0 Å². The van der Waals surface area contributed by atoms with Crippen molar-refractivity contribution in [2.24, 2.45) is 0 Å². The van der Waals surface area contributed by atoms with Crippen molar-refractivity contribution >= 4 is 12.9 Å². The molecule has 45 valence electrons. The van der Waals surface area contributed by atoms with Gasteiger partial charge >= 0.3 is 7.48 Å². The normalized spacial score (nSPS) is 9.11. The van der Waals surface area contributed by atoms with Crippen molar-refractivity contribution in [3.63, 3.8) is 0 Å². The molecule has 0 aliphatic rings. The molecule has 1 aromatic rings. The third-order valence-corrected chi connectivity index (χ3v) is 1.07. The van der Waals surface area contributed by atoms with Crippen LogP contribution in [0.5, 0.6) is 0 Å². The molecule has 0 saturated carbocycles. The van der Waals surface area contributed by atoms with Gasteiger partial charge in [-0.3, -0.25) is 4.98 Å². The fourth-order valence-electron chi connectivity index (χ4n) is 0.648. The van der Waals surface area contributed by atoms with Crippen LogP contribution in [0, 0.1) is 6.92 Å². The van der Waals surface area contributed by atoms with Crippen molar-refractivity contribution in [3.8, 4) is 0 Å². The summed E-state index contributed by atoms with van der Waals surface area (Å²) in [6, 6.07) is 3.55. The third-order valence-electron chi connectivity index (χ3n) is 1.07. The molecule has 0 fully saturated rings. The van der Waals surface area contributed by atoms with E-state index in [1.165, 1.54) is 0 Å². The van der Waals surface area contributed by atoms with Crippen LogP contribution >= 0.6 is 0 Å². The van der Waals surface area contributed by atoms with Gasteiger partial charge in [0, 0.05) is 11.9 Å². The Hall–Kier alpha value is -0.825. The molecule has 2 nitrogen and oxygen atoms in total. The minimum absolute atomic E-state index is 0.794. The highest BCUT2D eigenvalue weighted by Crippen LogP contribution is 1.84. The predicted octanol–water partition coefficient (Wildman–Crippen LogP) is -0.373. The lowest BCUT2D eigenvalue weighted by molar-refractivity contribution is 0.615. The lowest BCUT2D eigenvalue weighted by atomic mass is 9.89. The van der Waals surface area contributed by atoms with E-state index in [9.17, 15) is 0 Å². The molecule has 0 atom stereocenters. The Morgan fingerprint density at radius 3 is 2.89 bits per heavy atom. The van der Waals surface area contributed by atoms with Gasteiger partial charge < -0.3 is 5.02 Å². The first-order chi connectivity index (χ1) is 4.33. The number of aromatic nitrogens is 1. The van der Waals surface area contributed by atoms with Crippen LogP contribution in [0.15, 0.2) is 18.3 Å². The highest BCUT2D eigenvalue weighted by Gasteiger charge is 1.91. The zero-order valence-electron chi connectivity index (χ0n) is 5.20. The molecule has 3 heteroatoms. The number of hydrogen-bond donors (Lipinski definition) is 1. The van der Waals surface area contributed by atoms with Crippen molar-refractivity contribution in [2.45, 2.75) is 6.92 Å². The van der Waals surface area contributed by atoms with Crippen LogP contribution in [-0.2, 0) is 0 Å². The molecule has 0 spiro atoms. The van der Waals surface area contributed by atoms with E-state index in [0.717, 1.165) is 18.6 Å². The molecule has 0 bridgehead atoms. The molecule has 1 aromatic heterocycles. The monoisotopic (exact) mass is 120 g/mol. The summed E-state index contributed by atoms with van der Waals surface area (Å²) < 4.78 is 0. The van der Waals surface area contributed by atoms with Gasteiger partial charge in [0.1, 0.15) is 0 Å². The second-order valence-corrected chi connectivity index (χ2v) is 1.86. The van der Waals surface area contributed by atoms with Crippen LogP contribution < -0.4 is 5.46 Å². The van der Waals surface area contributed by atoms with Gasteiger partial charge in [-0.25, -0.2) is 0 Å². The van der Waals surface area contributed by atoms with Crippen LogP contribution in [0.3, 0.4) is 0 Å².